The number of benzene rings is 1. The lowest BCUT2D eigenvalue weighted by atomic mass is 9.51. The lowest BCUT2D eigenvalue weighted by molar-refractivity contribution is -0.144. The van der Waals surface area contributed by atoms with Crippen LogP contribution in [-0.2, 0) is 16.6 Å². The molecule has 2 unspecified atom stereocenters. The topological polar surface area (TPSA) is 62.2 Å². The standard InChI is InChI=1S/C39H58N2O4/c1-44-34-19-16-28-22-32-30-17-18-31(38-39(30,36(28)37(34)45-38)20-21-40(32)25-29-23-33(29)42)41(24-27-13-6-3-7-14-27)35(43)15-9-8-12-26-10-4-2-5-11-26/h16,19,26-27,29-33,38,42H,2-15,17-18,20-25H2,1H3/t29?,30-,31-,32+,33?,38-,39-/m0/s1. The SMILES string of the molecule is COc1ccc2c3c1O[C@H]1[C@@H](N(CC4CCCCC4)C(=O)CCCCC4CCCCC4)CC[C@H]4[C@@H](C2)N(CC2CC2O)CC[C@@]341. The number of nitrogens with zero attached hydrogens (tertiary/aromatic N) is 2. The normalized spacial score (nSPS) is 35.9. The van der Waals surface area contributed by atoms with E-state index < -0.39 is 0 Å². The Morgan fingerprint density at radius 3 is 2.51 bits per heavy atom. The Balaban J connectivity index is 1.07. The molecule has 1 amide bonds. The largest absolute Gasteiger partial charge is 0.493 e. The Labute approximate surface area is 271 Å². The van der Waals surface area contributed by atoms with E-state index in [2.05, 4.69) is 21.9 Å². The highest BCUT2D eigenvalue weighted by Gasteiger charge is 2.67. The molecule has 6 heteroatoms. The zero-order valence-electron chi connectivity index (χ0n) is 27.9. The number of aliphatic hydroxyl groups excluding tert-OH is 1. The zero-order valence-corrected chi connectivity index (χ0v) is 27.9. The Hall–Kier alpha value is -1.79. The second kappa shape index (κ2) is 12.7. The minimum absolute atomic E-state index is 0.00699. The smallest absolute Gasteiger partial charge is 0.222 e. The van der Waals surface area contributed by atoms with Crippen LogP contribution in [0.5, 0.6) is 11.5 Å². The second-order valence-corrected chi connectivity index (χ2v) is 16.3. The maximum absolute atomic E-state index is 14.4. The maximum atomic E-state index is 14.4. The first kappa shape index (κ1) is 30.5. The molecule has 0 radical (unpaired) electrons. The molecule has 8 rings (SSSR count). The van der Waals surface area contributed by atoms with Crippen molar-refractivity contribution in [2.75, 3.05) is 26.7 Å². The van der Waals surface area contributed by atoms with Crippen molar-refractivity contribution in [1.82, 2.24) is 9.80 Å². The van der Waals surface area contributed by atoms with Crippen LogP contribution < -0.4 is 9.47 Å². The number of aliphatic hydroxyl groups is 1. The number of rotatable bonds is 11. The predicted octanol–water partition coefficient (Wildman–Crippen LogP) is 7.03. The van der Waals surface area contributed by atoms with Crippen molar-refractivity contribution in [3.8, 4) is 11.5 Å². The summed E-state index contributed by atoms with van der Waals surface area (Å²) in [7, 11) is 1.78. The predicted molar refractivity (Wildman–Crippen MR) is 177 cm³/mol. The van der Waals surface area contributed by atoms with Gasteiger partial charge in [-0.15, -0.1) is 0 Å². The molecule has 2 bridgehead atoms. The molecule has 7 atom stereocenters. The Morgan fingerprint density at radius 2 is 1.78 bits per heavy atom. The highest BCUT2D eigenvalue weighted by molar-refractivity contribution is 5.77. The summed E-state index contributed by atoms with van der Waals surface area (Å²) < 4.78 is 13.1. The highest BCUT2D eigenvalue weighted by Crippen LogP contribution is 2.64. The first-order valence-electron chi connectivity index (χ1n) is 19.2. The van der Waals surface area contributed by atoms with Gasteiger partial charge in [0.15, 0.2) is 11.5 Å². The van der Waals surface area contributed by atoms with Crippen molar-refractivity contribution < 1.29 is 19.4 Å². The molecule has 45 heavy (non-hydrogen) atoms. The molecule has 1 N–H and O–H groups in total. The van der Waals surface area contributed by atoms with Crippen molar-refractivity contribution in [3.63, 3.8) is 0 Å². The van der Waals surface area contributed by atoms with E-state index in [-0.39, 0.29) is 23.7 Å². The quantitative estimate of drug-likeness (QED) is 0.270. The summed E-state index contributed by atoms with van der Waals surface area (Å²) in [5.41, 5.74) is 2.82. The van der Waals surface area contributed by atoms with E-state index in [0.717, 1.165) is 75.6 Å². The van der Waals surface area contributed by atoms with Crippen LogP contribution in [0.4, 0.5) is 0 Å². The van der Waals surface area contributed by atoms with E-state index in [1.165, 1.54) is 88.2 Å². The molecule has 4 saturated carbocycles. The number of unbranched alkanes of at least 4 members (excludes halogenated alkanes) is 1. The molecule has 1 spiro atoms. The summed E-state index contributed by atoms with van der Waals surface area (Å²) >= 11 is 0. The van der Waals surface area contributed by atoms with Gasteiger partial charge in [0, 0.05) is 42.4 Å². The van der Waals surface area contributed by atoms with E-state index >= 15 is 0 Å². The summed E-state index contributed by atoms with van der Waals surface area (Å²) in [6.07, 6.45) is 23.0. The molecule has 2 heterocycles. The average molecular weight is 619 g/mol. The second-order valence-electron chi connectivity index (χ2n) is 16.3. The van der Waals surface area contributed by atoms with Crippen LogP contribution in [0.3, 0.4) is 0 Å². The van der Waals surface area contributed by atoms with Crippen molar-refractivity contribution in [2.24, 2.45) is 23.7 Å². The molecule has 2 aliphatic heterocycles. The van der Waals surface area contributed by atoms with Crippen LogP contribution in [0.2, 0.25) is 0 Å². The molecule has 0 aromatic heterocycles. The minimum atomic E-state index is -0.104. The van der Waals surface area contributed by atoms with Gasteiger partial charge in [0.1, 0.15) is 6.10 Å². The third-order valence-corrected chi connectivity index (χ3v) is 13.8. The van der Waals surface area contributed by atoms with Gasteiger partial charge < -0.3 is 19.5 Å². The van der Waals surface area contributed by atoms with Crippen LogP contribution in [0.1, 0.15) is 127 Å². The molecule has 7 aliphatic rings. The van der Waals surface area contributed by atoms with E-state index in [1.54, 1.807) is 7.11 Å². The number of methoxy groups -OCH3 is 1. The summed E-state index contributed by atoms with van der Waals surface area (Å²) in [4.78, 5) is 19.5. The van der Waals surface area contributed by atoms with Gasteiger partial charge in [-0.2, -0.15) is 0 Å². The van der Waals surface area contributed by atoms with E-state index in [1.807, 2.05) is 0 Å². The van der Waals surface area contributed by atoms with Gasteiger partial charge in [0.05, 0.1) is 19.3 Å². The number of hydrogen-bond donors (Lipinski definition) is 1. The molecule has 248 valence electrons. The van der Waals surface area contributed by atoms with Crippen LogP contribution in [0.15, 0.2) is 12.1 Å². The molecule has 1 aromatic carbocycles. The number of likely N-dealkylation sites (tertiary alicyclic amines) is 1. The molecular weight excluding hydrogens is 560 g/mol. The lowest BCUT2D eigenvalue weighted by Gasteiger charge is -2.60. The molecule has 5 aliphatic carbocycles. The summed E-state index contributed by atoms with van der Waals surface area (Å²) in [6.45, 7) is 3.01. The summed E-state index contributed by atoms with van der Waals surface area (Å²) in [6, 6.07) is 5.06. The number of piperidine rings is 1. The minimum Gasteiger partial charge on any atom is -0.493 e. The maximum Gasteiger partial charge on any atom is 0.222 e. The van der Waals surface area contributed by atoms with Crippen LogP contribution in [0, 0.1) is 23.7 Å². The van der Waals surface area contributed by atoms with Gasteiger partial charge >= 0.3 is 0 Å². The van der Waals surface area contributed by atoms with E-state index in [9.17, 15) is 9.90 Å². The zero-order chi connectivity index (χ0) is 30.5. The van der Waals surface area contributed by atoms with Gasteiger partial charge in [-0.3, -0.25) is 9.69 Å². The average Bonchev–Trinajstić information content (AvgIpc) is 3.65. The van der Waals surface area contributed by atoms with Crippen LogP contribution >= 0.6 is 0 Å². The first-order chi connectivity index (χ1) is 22.1. The van der Waals surface area contributed by atoms with Crippen LogP contribution in [-0.4, -0.2) is 71.8 Å². The van der Waals surface area contributed by atoms with Crippen LogP contribution in [0.25, 0.3) is 0 Å². The van der Waals surface area contributed by atoms with Gasteiger partial charge in [-0.25, -0.2) is 0 Å². The van der Waals surface area contributed by atoms with Gasteiger partial charge in [0.2, 0.25) is 5.91 Å². The Kier molecular flexibility index (Phi) is 8.60. The third-order valence-electron chi connectivity index (χ3n) is 13.8. The Bertz CT molecular complexity index is 1220. The first-order valence-corrected chi connectivity index (χ1v) is 19.2. The number of ether oxygens (including phenoxy) is 2. The van der Waals surface area contributed by atoms with E-state index in [0.29, 0.717) is 36.1 Å². The third kappa shape index (κ3) is 5.52. The molecule has 6 nitrogen and oxygen atoms in total. The van der Waals surface area contributed by atoms with Gasteiger partial charge in [0.25, 0.3) is 0 Å². The van der Waals surface area contributed by atoms with Crippen molar-refractivity contribution in [3.05, 3.63) is 23.3 Å². The number of carbonyl (C=O) groups excluding carboxylic acids is 1. The summed E-state index contributed by atoms with van der Waals surface area (Å²) in [5.74, 6) is 4.74. The van der Waals surface area contributed by atoms with Crippen molar-refractivity contribution >= 4 is 5.91 Å². The molecule has 1 aromatic rings. The van der Waals surface area contributed by atoms with Gasteiger partial charge in [-0.05, 0) is 87.3 Å². The number of carbonyl (C=O) groups is 1. The summed E-state index contributed by atoms with van der Waals surface area (Å²) in [5, 5.41) is 10.2. The fraction of sp³-hybridized carbons (Fsp3) is 0.821. The molecular formula is C39H58N2O4. The molecule has 5 fully saturated rings. The fourth-order valence-electron chi connectivity index (χ4n) is 11.4. The fourth-order valence-corrected chi connectivity index (χ4v) is 11.4. The highest BCUT2D eigenvalue weighted by atomic mass is 16.5. The van der Waals surface area contributed by atoms with Crippen molar-refractivity contribution in [1.29, 1.82) is 0 Å². The lowest BCUT2D eigenvalue weighted by Crippen LogP contribution is -2.69. The molecule has 1 saturated heterocycles. The Morgan fingerprint density at radius 1 is 1.02 bits per heavy atom. The van der Waals surface area contributed by atoms with Gasteiger partial charge in [-0.1, -0.05) is 70.3 Å². The van der Waals surface area contributed by atoms with E-state index in [4.69, 9.17) is 9.47 Å². The monoisotopic (exact) mass is 618 g/mol. The number of hydrogen-bond acceptors (Lipinski definition) is 5. The van der Waals surface area contributed by atoms with Crippen molar-refractivity contribution in [2.45, 2.75) is 152 Å². The number of amides is 1.